The molecule has 0 aliphatic carbocycles. The fraction of sp³-hybridized carbons (Fsp3) is 0.364. The number of fused-ring (bicyclic) bond motifs is 2. The molecular weight excluding hydrogens is 370 g/mol. The number of morpholine rings is 1. The van der Waals surface area contributed by atoms with Crippen LogP contribution in [0.15, 0.2) is 48.7 Å². The lowest BCUT2D eigenvalue weighted by atomic mass is 9.81. The topological polar surface area (TPSA) is 92.5 Å². The van der Waals surface area contributed by atoms with E-state index in [0.717, 1.165) is 5.56 Å². The van der Waals surface area contributed by atoms with Gasteiger partial charge in [-0.2, -0.15) is 5.26 Å². The van der Waals surface area contributed by atoms with E-state index >= 15 is 0 Å². The quantitative estimate of drug-likeness (QED) is 0.744. The van der Waals surface area contributed by atoms with Crippen molar-refractivity contribution in [2.24, 2.45) is 5.92 Å². The first-order chi connectivity index (χ1) is 14.2. The summed E-state index contributed by atoms with van der Waals surface area (Å²) in [5.41, 5.74) is 1.41. The highest BCUT2D eigenvalue weighted by molar-refractivity contribution is 5.98. The molecule has 0 spiro atoms. The lowest BCUT2D eigenvalue weighted by Gasteiger charge is -2.47. The smallest absolute Gasteiger partial charge is 0.410 e. The first kappa shape index (κ1) is 19.1. The fourth-order valence-electron chi connectivity index (χ4n) is 4.11. The molecule has 29 heavy (non-hydrogen) atoms. The summed E-state index contributed by atoms with van der Waals surface area (Å²) in [7, 11) is 0. The number of rotatable bonds is 4. The van der Waals surface area contributed by atoms with Crippen molar-refractivity contribution in [1.29, 1.82) is 5.26 Å². The van der Waals surface area contributed by atoms with Crippen molar-refractivity contribution in [3.8, 4) is 6.07 Å². The first-order valence-electron chi connectivity index (χ1n) is 9.63. The van der Waals surface area contributed by atoms with E-state index < -0.39 is 0 Å². The van der Waals surface area contributed by atoms with Gasteiger partial charge in [-0.15, -0.1) is 0 Å². The molecule has 0 radical (unpaired) electrons. The number of Topliss-reactive ketones (excluding diaryl/α,β-unsaturated/α-hetero) is 1. The summed E-state index contributed by atoms with van der Waals surface area (Å²) in [4.78, 5) is 31.6. The Balaban J connectivity index is 1.45. The molecule has 7 heteroatoms. The molecular formula is C22H21N3O4. The molecule has 0 saturated carbocycles. The third kappa shape index (κ3) is 3.98. The highest BCUT2D eigenvalue weighted by Crippen LogP contribution is 2.34. The van der Waals surface area contributed by atoms with Crippen LogP contribution in [0.1, 0.15) is 34.5 Å². The summed E-state index contributed by atoms with van der Waals surface area (Å²) < 4.78 is 11.1. The van der Waals surface area contributed by atoms with Crippen molar-refractivity contribution < 1.29 is 19.1 Å². The van der Waals surface area contributed by atoms with Crippen molar-refractivity contribution in [2.75, 3.05) is 13.2 Å². The Hall–Kier alpha value is -3.24. The second kappa shape index (κ2) is 8.41. The number of ketones is 1. The van der Waals surface area contributed by atoms with Crippen LogP contribution in [0, 0.1) is 17.2 Å². The molecule has 2 fully saturated rings. The molecule has 2 saturated heterocycles. The Morgan fingerprint density at radius 1 is 1.14 bits per heavy atom. The Morgan fingerprint density at radius 3 is 2.55 bits per heavy atom. The highest BCUT2D eigenvalue weighted by Gasteiger charge is 2.45. The van der Waals surface area contributed by atoms with Crippen LogP contribution in [0.5, 0.6) is 0 Å². The number of amides is 1. The summed E-state index contributed by atoms with van der Waals surface area (Å²) in [6, 6.07) is 14.3. The van der Waals surface area contributed by atoms with Gasteiger partial charge in [-0.25, -0.2) is 4.79 Å². The molecule has 3 heterocycles. The van der Waals surface area contributed by atoms with Gasteiger partial charge in [0.1, 0.15) is 18.4 Å². The third-order valence-electron chi connectivity index (χ3n) is 5.47. The third-order valence-corrected chi connectivity index (χ3v) is 5.47. The van der Waals surface area contributed by atoms with Gasteiger partial charge in [0, 0.05) is 12.1 Å². The van der Waals surface area contributed by atoms with E-state index in [9.17, 15) is 14.9 Å². The molecule has 2 aromatic rings. The lowest BCUT2D eigenvalue weighted by Crippen LogP contribution is -2.60. The Kier molecular flexibility index (Phi) is 5.54. The molecule has 1 aromatic heterocycles. The van der Waals surface area contributed by atoms with Crippen molar-refractivity contribution in [2.45, 2.75) is 31.5 Å². The SMILES string of the molecule is N#Cc1cccnc1C(=O)C1CC2COCC(C1)N2C(=O)OCc1ccccc1. The zero-order chi connectivity index (χ0) is 20.2. The van der Waals surface area contributed by atoms with Gasteiger partial charge in [-0.3, -0.25) is 14.7 Å². The van der Waals surface area contributed by atoms with E-state index in [1.54, 1.807) is 17.0 Å². The predicted octanol–water partition coefficient (Wildman–Crippen LogP) is 2.95. The van der Waals surface area contributed by atoms with E-state index in [-0.39, 0.29) is 47.7 Å². The minimum atomic E-state index is -0.381. The molecule has 2 bridgehead atoms. The standard InChI is InChI=1S/C22H21N3O4/c23-11-16-7-4-8-24-20(16)21(26)17-9-18-13-28-14-19(10-17)25(18)22(27)29-12-15-5-2-1-3-6-15/h1-8,17-19H,9-10,12-14H2. The van der Waals surface area contributed by atoms with Gasteiger partial charge >= 0.3 is 6.09 Å². The van der Waals surface area contributed by atoms with Crippen molar-refractivity contribution in [3.05, 3.63) is 65.5 Å². The maximum atomic E-state index is 13.0. The fourth-order valence-corrected chi connectivity index (χ4v) is 4.11. The molecule has 2 unspecified atom stereocenters. The molecule has 7 nitrogen and oxygen atoms in total. The van der Waals surface area contributed by atoms with Gasteiger partial charge in [-0.1, -0.05) is 30.3 Å². The van der Waals surface area contributed by atoms with Crippen LogP contribution in [0.25, 0.3) is 0 Å². The Morgan fingerprint density at radius 2 is 1.86 bits per heavy atom. The largest absolute Gasteiger partial charge is 0.445 e. The first-order valence-corrected chi connectivity index (χ1v) is 9.63. The van der Waals surface area contributed by atoms with Gasteiger partial charge in [0.05, 0.1) is 30.9 Å². The molecule has 0 N–H and O–H groups in total. The van der Waals surface area contributed by atoms with Crippen LogP contribution in [0.4, 0.5) is 4.79 Å². The summed E-state index contributed by atoms with van der Waals surface area (Å²) in [5, 5.41) is 9.26. The maximum absolute atomic E-state index is 13.0. The normalized spacial score (nSPS) is 23.1. The molecule has 148 valence electrons. The van der Waals surface area contributed by atoms with Gasteiger partial charge in [0.15, 0.2) is 5.78 Å². The number of hydrogen-bond donors (Lipinski definition) is 0. The average molecular weight is 391 g/mol. The summed E-state index contributed by atoms with van der Waals surface area (Å²) >= 11 is 0. The van der Waals surface area contributed by atoms with Crippen LogP contribution in [0.3, 0.4) is 0 Å². The summed E-state index contributed by atoms with van der Waals surface area (Å²) in [5.74, 6) is -0.439. The van der Waals surface area contributed by atoms with Crippen molar-refractivity contribution in [3.63, 3.8) is 0 Å². The number of aromatic nitrogens is 1. The van der Waals surface area contributed by atoms with Crippen LogP contribution >= 0.6 is 0 Å². The zero-order valence-corrected chi connectivity index (χ0v) is 15.9. The number of carbonyl (C=O) groups excluding carboxylic acids is 2. The van der Waals surface area contributed by atoms with E-state index in [0.29, 0.717) is 26.1 Å². The predicted molar refractivity (Wildman–Crippen MR) is 103 cm³/mol. The van der Waals surface area contributed by atoms with Crippen molar-refractivity contribution >= 4 is 11.9 Å². The highest BCUT2D eigenvalue weighted by atomic mass is 16.6. The van der Waals surface area contributed by atoms with E-state index in [1.807, 2.05) is 36.4 Å². The lowest BCUT2D eigenvalue weighted by molar-refractivity contribution is -0.0756. The minimum absolute atomic E-state index is 0.142. The monoisotopic (exact) mass is 391 g/mol. The van der Waals surface area contributed by atoms with Crippen LogP contribution in [0.2, 0.25) is 0 Å². The summed E-state index contributed by atoms with van der Waals surface area (Å²) in [6.45, 7) is 0.945. The number of pyridine rings is 1. The number of hydrogen-bond acceptors (Lipinski definition) is 6. The Bertz CT molecular complexity index is 927. The van der Waals surface area contributed by atoms with Crippen LogP contribution < -0.4 is 0 Å². The second-order valence-electron chi connectivity index (χ2n) is 7.34. The number of nitrogens with zero attached hydrogens (tertiary/aromatic N) is 3. The van der Waals surface area contributed by atoms with E-state index in [1.165, 1.54) is 6.20 Å². The number of nitriles is 1. The second-order valence-corrected chi connectivity index (χ2v) is 7.34. The number of ether oxygens (including phenoxy) is 2. The molecule has 2 aliphatic rings. The molecule has 1 amide bonds. The average Bonchev–Trinajstić information content (AvgIpc) is 2.76. The molecule has 1 aromatic carbocycles. The molecule has 4 rings (SSSR count). The Labute approximate surface area is 168 Å². The van der Waals surface area contributed by atoms with Crippen molar-refractivity contribution in [1.82, 2.24) is 9.88 Å². The summed E-state index contributed by atoms with van der Waals surface area (Å²) in [6.07, 6.45) is 2.08. The maximum Gasteiger partial charge on any atom is 0.410 e. The number of carbonyl (C=O) groups is 2. The molecule has 2 aliphatic heterocycles. The molecule has 2 atom stereocenters. The van der Waals surface area contributed by atoms with Gasteiger partial charge < -0.3 is 9.47 Å². The number of piperidine rings is 1. The number of benzene rings is 1. The zero-order valence-electron chi connectivity index (χ0n) is 15.9. The van der Waals surface area contributed by atoms with E-state index in [4.69, 9.17) is 9.47 Å². The van der Waals surface area contributed by atoms with Gasteiger partial charge in [0.25, 0.3) is 0 Å². The van der Waals surface area contributed by atoms with E-state index in [2.05, 4.69) is 4.98 Å². The van der Waals surface area contributed by atoms with Crippen LogP contribution in [-0.2, 0) is 16.1 Å². The minimum Gasteiger partial charge on any atom is -0.445 e. The van der Waals surface area contributed by atoms with Gasteiger partial charge in [0.2, 0.25) is 0 Å². The van der Waals surface area contributed by atoms with Crippen LogP contribution in [-0.4, -0.2) is 47.1 Å². The van der Waals surface area contributed by atoms with Gasteiger partial charge in [-0.05, 0) is 30.5 Å².